The molecule has 0 unspecified atom stereocenters. The summed E-state index contributed by atoms with van der Waals surface area (Å²) >= 11 is 0. The number of amides is 1. The Morgan fingerprint density at radius 3 is 2.07 bits per heavy atom. The van der Waals surface area contributed by atoms with Gasteiger partial charge in [0.15, 0.2) is 0 Å². The number of hydrogen-bond acceptors (Lipinski definition) is 3. The van der Waals surface area contributed by atoms with Gasteiger partial charge in [-0.15, -0.1) is 0 Å². The third-order valence-corrected chi connectivity index (χ3v) is 5.90. The van der Waals surface area contributed by atoms with Crippen LogP contribution >= 0.6 is 0 Å². The number of aromatic nitrogens is 2. The maximum atomic E-state index is 13.2. The fraction of sp³-hybridized carbons (Fsp3) is 0.200. The molecule has 4 aromatic rings. The van der Waals surface area contributed by atoms with Gasteiger partial charge in [0.25, 0.3) is 5.91 Å². The third-order valence-electron chi connectivity index (χ3n) is 5.90. The summed E-state index contributed by atoms with van der Waals surface area (Å²) in [5.41, 5.74) is 4.08. The normalized spacial score (nSPS) is 15.0. The number of fused-ring (bicyclic) bond motifs is 1. The van der Waals surface area contributed by atoms with Crippen LogP contribution in [0.2, 0.25) is 0 Å². The number of carbonyl (C=O) groups excluding carboxylic acids is 1. The smallest absolute Gasteiger partial charge is 0.256 e. The lowest BCUT2D eigenvalue weighted by molar-refractivity contribution is 0.0599. The molecule has 1 aromatic heterocycles. The molecule has 1 saturated heterocycles. The number of para-hydroxylation sites is 1. The summed E-state index contributed by atoms with van der Waals surface area (Å²) in [6.45, 7) is 3.08. The molecule has 1 fully saturated rings. The molecule has 1 aliphatic rings. The Hall–Kier alpha value is -3.44. The predicted molar refractivity (Wildman–Crippen MR) is 118 cm³/mol. The van der Waals surface area contributed by atoms with E-state index in [4.69, 9.17) is 0 Å². The lowest BCUT2D eigenvalue weighted by atomic mass is 9.96. The molecule has 2 heterocycles. The Bertz CT molecular complexity index is 1090. The van der Waals surface area contributed by atoms with Crippen molar-refractivity contribution in [3.63, 3.8) is 0 Å². The molecule has 1 amide bonds. The van der Waals surface area contributed by atoms with E-state index in [1.807, 2.05) is 23.1 Å². The molecule has 0 bridgehead atoms. The van der Waals surface area contributed by atoms with Gasteiger partial charge in [-0.1, -0.05) is 72.8 Å². The molecule has 1 aliphatic heterocycles. The van der Waals surface area contributed by atoms with Gasteiger partial charge < -0.3 is 4.90 Å². The van der Waals surface area contributed by atoms with E-state index >= 15 is 0 Å². The van der Waals surface area contributed by atoms with Crippen LogP contribution in [-0.2, 0) is 0 Å². The molecule has 0 radical (unpaired) electrons. The first kappa shape index (κ1) is 18.6. The molecule has 0 spiro atoms. The second-order valence-corrected chi connectivity index (χ2v) is 7.69. The van der Waals surface area contributed by atoms with Crippen LogP contribution in [0, 0.1) is 0 Å². The van der Waals surface area contributed by atoms with Crippen molar-refractivity contribution in [3.8, 4) is 0 Å². The van der Waals surface area contributed by atoms with Gasteiger partial charge in [-0.3, -0.25) is 14.8 Å². The van der Waals surface area contributed by atoms with Crippen molar-refractivity contribution in [1.82, 2.24) is 20.0 Å². The number of aromatic amines is 1. The van der Waals surface area contributed by atoms with E-state index in [1.165, 1.54) is 11.1 Å². The average Bonchev–Trinajstić information content (AvgIpc) is 3.30. The largest absolute Gasteiger partial charge is 0.336 e. The topological polar surface area (TPSA) is 52.2 Å². The van der Waals surface area contributed by atoms with Crippen molar-refractivity contribution in [1.29, 1.82) is 0 Å². The molecule has 3 aromatic carbocycles. The molecule has 1 N–H and O–H groups in total. The molecular weight excluding hydrogens is 372 g/mol. The van der Waals surface area contributed by atoms with Crippen LogP contribution in [0.4, 0.5) is 0 Å². The van der Waals surface area contributed by atoms with Crippen LogP contribution in [-0.4, -0.2) is 52.1 Å². The summed E-state index contributed by atoms with van der Waals surface area (Å²) in [5, 5.41) is 8.02. The molecule has 0 saturated carbocycles. The second-order valence-electron chi connectivity index (χ2n) is 7.69. The van der Waals surface area contributed by atoms with Crippen LogP contribution < -0.4 is 0 Å². The number of hydrogen-bond donors (Lipinski definition) is 1. The van der Waals surface area contributed by atoms with Gasteiger partial charge in [-0.2, -0.15) is 5.10 Å². The third kappa shape index (κ3) is 3.48. The van der Waals surface area contributed by atoms with Crippen molar-refractivity contribution in [2.24, 2.45) is 0 Å². The molecule has 5 nitrogen and oxygen atoms in total. The molecular formula is C25H24N4O. The zero-order chi connectivity index (χ0) is 20.3. The minimum Gasteiger partial charge on any atom is -0.336 e. The highest BCUT2D eigenvalue weighted by atomic mass is 16.2. The summed E-state index contributed by atoms with van der Waals surface area (Å²) in [4.78, 5) is 17.6. The Labute approximate surface area is 175 Å². The summed E-state index contributed by atoms with van der Waals surface area (Å²) in [6, 6.07) is 27.2. The van der Waals surface area contributed by atoms with Gasteiger partial charge in [0, 0.05) is 31.6 Å². The van der Waals surface area contributed by atoms with E-state index in [9.17, 15) is 4.79 Å². The summed E-state index contributed by atoms with van der Waals surface area (Å²) in [7, 11) is 0. The monoisotopic (exact) mass is 396 g/mol. The van der Waals surface area contributed by atoms with E-state index in [2.05, 4.69) is 75.8 Å². The number of piperazine rings is 1. The van der Waals surface area contributed by atoms with Crippen LogP contribution in [0.15, 0.2) is 85.1 Å². The number of nitrogens with one attached hydrogen (secondary N) is 1. The van der Waals surface area contributed by atoms with Crippen LogP contribution in [0.25, 0.3) is 10.9 Å². The first-order chi connectivity index (χ1) is 14.8. The molecule has 0 aliphatic carbocycles. The van der Waals surface area contributed by atoms with E-state index in [1.54, 1.807) is 6.20 Å². The van der Waals surface area contributed by atoms with E-state index in [-0.39, 0.29) is 11.9 Å². The maximum Gasteiger partial charge on any atom is 0.256 e. The van der Waals surface area contributed by atoms with Gasteiger partial charge in [0.2, 0.25) is 0 Å². The Kier molecular flexibility index (Phi) is 5.03. The fourth-order valence-corrected chi connectivity index (χ4v) is 4.39. The Morgan fingerprint density at radius 2 is 1.43 bits per heavy atom. The summed E-state index contributed by atoms with van der Waals surface area (Å²) in [5.74, 6) is 0.0699. The van der Waals surface area contributed by atoms with Crippen molar-refractivity contribution in [2.75, 3.05) is 26.2 Å². The summed E-state index contributed by atoms with van der Waals surface area (Å²) in [6.07, 6.45) is 1.76. The highest BCUT2D eigenvalue weighted by Crippen LogP contribution is 2.30. The van der Waals surface area contributed by atoms with Gasteiger partial charge in [0.1, 0.15) is 0 Å². The fourth-order valence-electron chi connectivity index (χ4n) is 4.39. The lowest BCUT2D eigenvalue weighted by Gasteiger charge is -2.39. The van der Waals surface area contributed by atoms with Crippen molar-refractivity contribution >= 4 is 16.8 Å². The predicted octanol–water partition coefficient (Wildman–Crippen LogP) is 4.11. The zero-order valence-electron chi connectivity index (χ0n) is 16.7. The molecule has 30 heavy (non-hydrogen) atoms. The van der Waals surface area contributed by atoms with E-state index < -0.39 is 0 Å². The van der Waals surface area contributed by atoms with Crippen molar-refractivity contribution in [3.05, 3.63) is 102 Å². The van der Waals surface area contributed by atoms with Crippen LogP contribution in [0.5, 0.6) is 0 Å². The van der Waals surface area contributed by atoms with Gasteiger partial charge in [-0.05, 0) is 17.2 Å². The maximum absolute atomic E-state index is 13.2. The molecule has 5 heteroatoms. The van der Waals surface area contributed by atoms with Crippen LogP contribution in [0.3, 0.4) is 0 Å². The van der Waals surface area contributed by atoms with E-state index in [0.717, 1.165) is 24.0 Å². The quantitative estimate of drug-likeness (QED) is 0.565. The van der Waals surface area contributed by atoms with Crippen molar-refractivity contribution in [2.45, 2.75) is 6.04 Å². The highest BCUT2D eigenvalue weighted by molar-refractivity contribution is 6.05. The number of nitrogens with zero attached hydrogens (tertiary/aromatic N) is 3. The minimum atomic E-state index is 0.0699. The standard InChI is InChI=1S/C25H24N4O/c30-25(22-13-7-12-21-18-26-27-23(21)22)29-16-14-28(15-17-29)24(19-8-3-1-4-9-19)20-10-5-2-6-11-20/h1-13,18,24H,14-17H2,(H,26,27). The first-order valence-corrected chi connectivity index (χ1v) is 10.4. The number of benzene rings is 3. The van der Waals surface area contributed by atoms with Gasteiger partial charge in [0.05, 0.1) is 23.3 Å². The molecule has 5 rings (SSSR count). The van der Waals surface area contributed by atoms with Gasteiger partial charge in [-0.25, -0.2) is 0 Å². The van der Waals surface area contributed by atoms with E-state index in [0.29, 0.717) is 18.7 Å². The highest BCUT2D eigenvalue weighted by Gasteiger charge is 2.29. The molecule has 0 atom stereocenters. The Balaban J connectivity index is 1.36. The lowest BCUT2D eigenvalue weighted by Crippen LogP contribution is -2.49. The second kappa shape index (κ2) is 8.13. The number of H-pyrrole nitrogens is 1. The first-order valence-electron chi connectivity index (χ1n) is 10.4. The van der Waals surface area contributed by atoms with Gasteiger partial charge >= 0.3 is 0 Å². The summed E-state index contributed by atoms with van der Waals surface area (Å²) < 4.78 is 0. The van der Waals surface area contributed by atoms with Crippen LogP contribution in [0.1, 0.15) is 27.5 Å². The Morgan fingerprint density at radius 1 is 0.800 bits per heavy atom. The number of rotatable bonds is 4. The average molecular weight is 396 g/mol. The number of carbonyl (C=O) groups is 1. The minimum absolute atomic E-state index is 0.0699. The zero-order valence-corrected chi connectivity index (χ0v) is 16.7. The molecule has 150 valence electrons. The SMILES string of the molecule is O=C(c1cccc2cn[nH]c12)N1CCN(C(c2ccccc2)c2ccccc2)CC1. The van der Waals surface area contributed by atoms with Crippen molar-refractivity contribution < 1.29 is 4.79 Å².